The lowest BCUT2D eigenvalue weighted by atomic mass is 10.2. The summed E-state index contributed by atoms with van der Waals surface area (Å²) >= 11 is 0. The minimum atomic E-state index is -0.550. The largest absolute Gasteiger partial charge is 0.331 e. The summed E-state index contributed by atoms with van der Waals surface area (Å²) in [4.78, 5) is 4.06. The predicted octanol–water partition coefficient (Wildman–Crippen LogP) is 4.20. The zero-order valence-electron chi connectivity index (χ0n) is 10.5. The van der Waals surface area contributed by atoms with E-state index in [1.165, 1.54) is 6.08 Å². The molecule has 0 aliphatic carbocycles. The summed E-state index contributed by atoms with van der Waals surface area (Å²) in [6.45, 7) is 0. The Balaban J connectivity index is 1.89. The van der Waals surface area contributed by atoms with Crippen LogP contribution in [0.3, 0.4) is 0 Å². The lowest BCUT2D eigenvalue weighted by molar-refractivity contribution is 0.399. The van der Waals surface area contributed by atoms with Crippen molar-refractivity contribution in [1.82, 2.24) is 10.1 Å². The van der Waals surface area contributed by atoms with Crippen molar-refractivity contribution in [2.75, 3.05) is 0 Å². The van der Waals surface area contributed by atoms with Gasteiger partial charge in [-0.05, 0) is 11.6 Å². The van der Waals surface area contributed by atoms with Crippen LogP contribution in [-0.2, 0) is 0 Å². The second-order valence-corrected chi connectivity index (χ2v) is 4.19. The summed E-state index contributed by atoms with van der Waals surface area (Å²) in [5.41, 5.74) is 1.53. The van der Waals surface area contributed by atoms with Gasteiger partial charge in [-0.2, -0.15) is 4.98 Å². The van der Waals surface area contributed by atoms with Gasteiger partial charge in [-0.1, -0.05) is 65.8 Å². The molecule has 3 nitrogen and oxygen atoms in total. The molecule has 1 aromatic heterocycles. The first-order valence-corrected chi connectivity index (χ1v) is 6.15. The van der Waals surface area contributed by atoms with Crippen LogP contribution in [0.15, 0.2) is 65.2 Å². The molecule has 0 saturated carbocycles. The fraction of sp³-hybridized carbons (Fsp3) is 0. The maximum atomic E-state index is 14.0. The molecule has 1 heterocycles. The first-order valence-electron chi connectivity index (χ1n) is 6.15. The van der Waals surface area contributed by atoms with Crippen molar-refractivity contribution in [2.45, 2.75) is 0 Å². The summed E-state index contributed by atoms with van der Waals surface area (Å²) in [5, 5.41) is 3.78. The maximum absolute atomic E-state index is 14.0. The van der Waals surface area contributed by atoms with E-state index in [4.69, 9.17) is 4.52 Å². The number of hydrogen-bond donors (Lipinski definition) is 0. The van der Waals surface area contributed by atoms with Crippen molar-refractivity contribution in [2.24, 2.45) is 0 Å². The van der Waals surface area contributed by atoms with Crippen LogP contribution in [0.1, 0.15) is 11.5 Å². The molecule has 0 radical (unpaired) electrons. The quantitative estimate of drug-likeness (QED) is 0.713. The highest BCUT2D eigenvalue weighted by Crippen LogP contribution is 2.21. The molecule has 0 spiro atoms. The molecule has 0 atom stereocenters. The van der Waals surface area contributed by atoms with Crippen molar-refractivity contribution < 1.29 is 8.91 Å². The van der Waals surface area contributed by atoms with E-state index in [-0.39, 0.29) is 5.89 Å². The number of rotatable bonds is 3. The number of aromatic nitrogens is 2. The maximum Gasteiger partial charge on any atom is 0.287 e. The molecule has 0 fully saturated rings. The molecule has 0 N–H and O–H groups in total. The van der Waals surface area contributed by atoms with Crippen LogP contribution in [0.2, 0.25) is 0 Å². The highest BCUT2D eigenvalue weighted by atomic mass is 19.1. The molecular formula is C16H11FN2O. The second-order valence-electron chi connectivity index (χ2n) is 4.19. The number of halogens is 1. The van der Waals surface area contributed by atoms with Gasteiger partial charge in [0.15, 0.2) is 5.83 Å². The summed E-state index contributed by atoms with van der Waals surface area (Å²) in [7, 11) is 0. The lowest BCUT2D eigenvalue weighted by Gasteiger charge is -1.92. The van der Waals surface area contributed by atoms with Crippen molar-refractivity contribution >= 4 is 11.9 Å². The van der Waals surface area contributed by atoms with E-state index < -0.39 is 5.83 Å². The minimum absolute atomic E-state index is 0.118. The Morgan fingerprint density at radius 2 is 1.60 bits per heavy atom. The van der Waals surface area contributed by atoms with Gasteiger partial charge >= 0.3 is 0 Å². The average molecular weight is 266 g/mol. The first kappa shape index (κ1) is 12.3. The first-order chi connectivity index (χ1) is 9.83. The van der Waals surface area contributed by atoms with Gasteiger partial charge < -0.3 is 4.52 Å². The van der Waals surface area contributed by atoms with E-state index in [2.05, 4.69) is 10.1 Å². The van der Waals surface area contributed by atoms with Crippen molar-refractivity contribution in [3.63, 3.8) is 0 Å². The SMILES string of the molecule is FC(=Cc1ccccc1)c1nc(-c2ccccc2)no1. The summed E-state index contributed by atoms with van der Waals surface area (Å²) < 4.78 is 19.0. The normalized spacial score (nSPS) is 11.6. The molecule has 0 unspecified atom stereocenters. The molecule has 2 aromatic carbocycles. The fourth-order valence-electron chi connectivity index (χ4n) is 1.78. The van der Waals surface area contributed by atoms with Gasteiger partial charge in [0.2, 0.25) is 5.82 Å². The third-order valence-corrected chi connectivity index (χ3v) is 2.76. The van der Waals surface area contributed by atoms with Crippen molar-refractivity contribution in [3.05, 3.63) is 72.1 Å². The molecule has 0 aliphatic heterocycles. The standard InChI is InChI=1S/C16H11FN2O/c17-14(11-12-7-3-1-4-8-12)16-18-15(19-20-16)13-9-5-2-6-10-13/h1-11H. The van der Waals surface area contributed by atoms with Crippen molar-refractivity contribution in [1.29, 1.82) is 0 Å². The minimum Gasteiger partial charge on any atom is -0.331 e. The summed E-state index contributed by atoms with van der Waals surface area (Å²) in [6, 6.07) is 18.4. The topological polar surface area (TPSA) is 38.9 Å². The zero-order valence-corrected chi connectivity index (χ0v) is 10.5. The molecule has 0 amide bonds. The number of benzene rings is 2. The lowest BCUT2D eigenvalue weighted by Crippen LogP contribution is -1.81. The van der Waals surface area contributed by atoms with Crippen LogP contribution in [0.25, 0.3) is 23.3 Å². The third kappa shape index (κ3) is 2.64. The van der Waals surface area contributed by atoms with Crippen LogP contribution in [0, 0.1) is 0 Å². The molecule has 0 aliphatic rings. The van der Waals surface area contributed by atoms with Crippen LogP contribution in [0.5, 0.6) is 0 Å². The van der Waals surface area contributed by atoms with Gasteiger partial charge in [0.1, 0.15) is 0 Å². The molecule has 20 heavy (non-hydrogen) atoms. The van der Waals surface area contributed by atoms with Gasteiger partial charge in [-0.15, -0.1) is 0 Å². The zero-order chi connectivity index (χ0) is 13.8. The predicted molar refractivity (Wildman–Crippen MR) is 75.2 cm³/mol. The van der Waals surface area contributed by atoms with Gasteiger partial charge in [0.25, 0.3) is 5.89 Å². The Kier molecular flexibility index (Phi) is 3.37. The van der Waals surface area contributed by atoms with Gasteiger partial charge in [-0.3, -0.25) is 0 Å². The van der Waals surface area contributed by atoms with Crippen LogP contribution < -0.4 is 0 Å². The van der Waals surface area contributed by atoms with Crippen molar-refractivity contribution in [3.8, 4) is 11.4 Å². The van der Waals surface area contributed by atoms with Crippen LogP contribution in [0.4, 0.5) is 4.39 Å². The van der Waals surface area contributed by atoms with Crippen LogP contribution >= 0.6 is 0 Å². The van der Waals surface area contributed by atoms with E-state index >= 15 is 0 Å². The average Bonchev–Trinajstić information content (AvgIpc) is 2.99. The molecule has 3 aromatic rings. The molecule has 4 heteroatoms. The van der Waals surface area contributed by atoms with Gasteiger partial charge in [0.05, 0.1) is 0 Å². The third-order valence-electron chi connectivity index (χ3n) is 2.76. The van der Waals surface area contributed by atoms with E-state index in [0.29, 0.717) is 5.82 Å². The van der Waals surface area contributed by atoms with E-state index in [0.717, 1.165) is 11.1 Å². The van der Waals surface area contributed by atoms with Gasteiger partial charge in [-0.25, -0.2) is 4.39 Å². The Labute approximate surface area is 115 Å². The summed E-state index contributed by atoms with van der Waals surface area (Å²) in [6.07, 6.45) is 1.36. The van der Waals surface area contributed by atoms with E-state index in [9.17, 15) is 4.39 Å². The Bertz CT molecular complexity index is 721. The molecular weight excluding hydrogens is 255 g/mol. The van der Waals surface area contributed by atoms with E-state index in [1.807, 2.05) is 48.5 Å². The second kappa shape index (κ2) is 5.48. The van der Waals surface area contributed by atoms with E-state index in [1.54, 1.807) is 12.1 Å². The number of hydrogen-bond acceptors (Lipinski definition) is 3. The highest BCUT2D eigenvalue weighted by Gasteiger charge is 2.12. The molecule has 98 valence electrons. The highest BCUT2D eigenvalue weighted by molar-refractivity contribution is 5.73. The molecule has 0 bridgehead atoms. The monoisotopic (exact) mass is 266 g/mol. The Hall–Kier alpha value is -2.75. The smallest absolute Gasteiger partial charge is 0.287 e. The molecule has 3 rings (SSSR count). The molecule has 0 saturated heterocycles. The Morgan fingerprint density at radius 3 is 2.30 bits per heavy atom. The van der Waals surface area contributed by atoms with Crippen LogP contribution in [-0.4, -0.2) is 10.1 Å². The number of nitrogens with zero attached hydrogens (tertiary/aromatic N) is 2. The van der Waals surface area contributed by atoms with Gasteiger partial charge in [0, 0.05) is 5.56 Å². The fourth-order valence-corrected chi connectivity index (χ4v) is 1.78. The Morgan fingerprint density at radius 1 is 0.950 bits per heavy atom. The summed E-state index contributed by atoms with van der Waals surface area (Å²) in [5.74, 6) is -0.296.